The molecule has 0 unspecified atom stereocenters. The van der Waals surface area contributed by atoms with Crippen molar-refractivity contribution in [2.45, 2.75) is 44.2 Å². The maximum atomic E-state index is 13.0. The molecule has 0 aliphatic carbocycles. The van der Waals surface area contributed by atoms with Crippen molar-refractivity contribution in [1.82, 2.24) is 14.5 Å². The first-order chi connectivity index (χ1) is 17.1. The highest BCUT2D eigenvalue weighted by Crippen LogP contribution is 2.21. The zero-order valence-corrected chi connectivity index (χ0v) is 21.2. The van der Waals surface area contributed by atoms with Crippen LogP contribution in [0.3, 0.4) is 0 Å². The fourth-order valence-electron chi connectivity index (χ4n) is 3.79. The zero-order valence-electron chi connectivity index (χ0n) is 20.3. The highest BCUT2D eigenvalue weighted by atomic mass is 32.2. The largest absolute Gasteiger partial charge is 0.480 e. The predicted molar refractivity (Wildman–Crippen MR) is 132 cm³/mol. The molecular weight excluding hydrogens is 486 g/mol. The molecule has 10 nitrogen and oxygen atoms in total. The van der Waals surface area contributed by atoms with Gasteiger partial charge in [0.1, 0.15) is 12.6 Å². The summed E-state index contributed by atoms with van der Waals surface area (Å²) < 4.78 is 32.3. The molecule has 0 bridgehead atoms. The second kappa shape index (κ2) is 12.0. The first kappa shape index (κ1) is 27.2. The van der Waals surface area contributed by atoms with E-state index >= 15 is 0 Å². The summed E-state index contributed by atoms with van der Waals surface area (Å²) in [6.07, 6.45) is -1.11. The van der Waals surface area contributed by atoms with Crippen LogP contribution in [0, 0.1) is 13.8 Å². The number of carbonyl (C=O) groups is 3. The Morgan fingerprint density at radius 2 is 1.67 bits per heavy atom. The Labute approximate surface area is 210 Å². The Balaban J connectivity index is 1.47. The van der Waals surface area contributed by atoms with Crippen LogP contribution in [0.15, 0.2) is 53.4 Å². The normalized spacial score (nSPS) is 15.2. The van der Waals surface area contributed by atoms with Gasteiger partial charge >= 0.3 is 12.1 Å². The van der Waals surface area contributed by atoms with Crippen LogP contribution >= 0.6 is 0 Å². The summed E-state index contributed by atoms with van der Waals surface area (Å²) in [6, 6.07) is 12.7. The third-order valence-corrected chi connectivity index (χ3v) is 8.05. The molecule has 2 aromatic carbocycles. The molecule has 0 radical (unpaired) electrons. The van der Waals surface area contributed by atoms with E-state index < -0.39 is 28.1 Å². The van der Waals surface area contributed by atoms with Gasteiger partial charge in [0.25, 0.3) is 0 Å². The molecule has 11 heteroatoms. The minimum atomic E-state index is -3.67. The predicted octanol–water partition coefficient (Wildman–Crippen LogP) is 2.30. The molecular formula is C25H31N3O7S. The standard InChI is InChI=1S/C25H31N3O7S/c1-18-8-9-21(16-19(18)2)36(33,34)28-14-12-27(13-15-28)23(29)11-10-22(24(30)31)26-25(32)35-17-20-6-4-3-5-7-20/h3-9,16,22H,10-15,17H2,1-2H3,(H,26,32)(H,30,31)/t22-/m0/s1. The molecule has 1 atom stereocenters. The second-order valence-corrected chi connectivity index (χ2v) is 10.6. The fraction of sp³-hybridized carbons (Fsp3) is 0.400. The Hall–Kier alpha value is -3.44. The Morgan fingerprint density at radius 3 is 2.28 bits per heavy atom. The number of nitrogens with zero attached hydrogens (tertiary/aromatic N) is 2. The summed E-state index contributed by atoms with van der Waals surface area (Å²) in [5.74, 6) is -1.58. The number of amides is 2. The van der Waals surface area contributed by atoms with Gasteiger partial charge in [0.15, 0.2) is 0 Å². The molecule has 2 aromatic rings. The number of alkyl carbamates (subject to hydrolysis) is 1. The number of sulfonamides is 1. The van der Waals surface area contributed by atoms with Crippen molar-refractivity contribution in [2.75, 3.05) is 26.2 Å². The van der Waals surface area contributed by atoms with Gasteiger partial charge in [-0.15, -0.1) is 0 Å². The van der Waals surface area contributed by atoms with Gasteiger partial charge in [-0.05, 0) is 49.1 Å². The third kappa shape index (κ3) is 7.05. The average molecular weight is 518 g/mol. The smallest absolute Gasteiger partial charge is 0.408 e. The van der Waals surface area contributed by atoms with Crippen molar-refractivity contribution >= 4 is 28.0 Å². The monoisotopic (exact) mass is 517 g/mol. The molecule has 1 aliphatic heterocycles. The Morgan fingerprint density at radius 1 is 1.00 bits per heavy atom. The van der Waals surface area contributed by atoms with Crippen molar-refractivity contribution < 1.29 is 32.6 Å². The van der Waals surface area contributed by atoms with E-state index in [2.05, 4.69) is 5.32 Å². The van der Waals surface area contributed by atoms with E-state index in [1.807, 2.05) is 19.9 Å². The summed E-state index contributed by atoms with van der Waals surface area (Å²) in [6.45, 7) is 4.45. The summed E-state index contributed by atoms with van der Waals surface area (Å²) >= 11 is 0. The van der Waals surface area contributed by atoms with Crippen LogP contribution in [-0.4, -0.2) is 72.9 Å². The number of carbonyl (C=O) groups excluding carboxylic acids is 2. The molecule has 36 heavy (non-hydrogen) atoms. The van der Waals surface area contributed by atoms with E-state index in [1.54, 1.807) is 42.5 Å². The number of carboxylic acid groups (broad SMARTS) is 1. The number of rotatable bonds is 9. The van der Waals surface area contributed by atoms with Gasteiger partial charge in [-0.1, -0.05) is 36.4 Å². The van der Waals surface area contributed by atoms with Gasteiger partial charge in [-0.3, -0.25) is 4.79 Å². The number of aliphatic carboxylic acids is 1. The quantitative estimate of drug-likeness (QED) is 0.521. The first-order valence-corrected chi connectivity index (χ1v) is 13.1. The van der Waals surface area contributed by atoms with E-state index in [9.17, 15) is 27.9 Å². The summed E-state index contributed by atoms with van der Waals surface area (Å²) in [7, 11) is -3.67. The molecule has 194 valence electrons. The molecule has 1 fully saturated rings. The van der Waals surface area contributed by atoms with Gasteiger partial charge in [0.2, 0.25) is 15.9 Å². The first-order valence-electron chi connectivity index (χ1n) is 11.6. The van der Waals surface area contributed by atoms with E-state index in [-0.39, 0.29) is 56.4 Å². The van der Waals surface area contributed by atoms with Crippen LogP contribution < -0.4 is 5.32 Å². The fourth-order valence-corrected chi connectivity index (χ4v) is 5.30. The minimum Gasteiger partial charge on any atom is -0.480 e. The lowest BCUT2D eigenvalue weighted by Gasteiger charge is -2.34. The number of hydrogen-bond acceptors (Lipinski definition) is 6. The Bertz CT molecular complexity index is 1190. The second-order valence-electron chi connectivity index (χ2n) is 8.67. The number of aryl methyl sites for hydroxylation is 2. The van der Waals surface area contributed by atoms with Crippen LogP contribution in [0.4, 0.5) is 4.79 Å². The lowest BCUT2D eigenvalue weighted by Crippen LogP contribution is -2.50. The number of carboxylic acids is 1. The van der Waals surface area contributed by atoms with Crippen LogP contribution in [0.1, 0.15) is 29.5 Å². The average Bonchev–Trinajstić information content (AvgIpc) is 2.87. The van der Waals surface area contributed by atoms with E-state index in [4.69, 9.17) is 4.74 Å². The molecule has 0 spiro atoms. The maximum Gasteiger partial charge on any atom is 0.408 e. The maximum absolute atomic E-state index is 13.0. The lowest BCUT2D eigenvalue weighted by atomic mass is 10.1. The molecule has 2 N–H and O–H groups in total. The van der Waals surface area contributed by atoms with E-state index in [0.717, 1.165) is 16.7 Å². The number of benzene rings is 2. The molecule has 3 rings (SSSR count). The topological polar surface area (TPSA) is 133 Å². The van der Waals surface area contributed by atoms with Crippen LogP contribution in [0.2, 0.25) is 0 Å². The SMILES string of the molecule is Cc1ccc(S(=O)(=O)N2CCN(C(=O)CC[C@H](NC(=O)OCc3ccccc3)C(=O)O)CC2)cc1C. The van der Waals surface area contributed by atoms with Crippen molar-refractivity contribution in [3.05, 3.63) is 65.2 Å². The molecule has 1 heterocycles. The van der Waals surface area contributed by atoms with Gasteiger partial charge in [-0.2, -0.15) is 4.31 Å². The lowest BCUT2D eigenvalue weighted by molar-refractivity contribution is -0.140. The van der Waals surface area contributed by atoms with Crippen molar-refractivity contribution in [2.24, 2.45) is 0 Å². The summed E-state index contributed by atoms with van der Waals surface area (Å²) in [5.41, 5.74) is 2.65. The van der Waals surface area contributed by atoms with Gasteiger partial charge in [0, 0.05) is 32.6 Å². The highest BCUT2D eigenvalue weighted by molar-refractivity contribution is 7.89. The van der Waals surface area contributed by atoms with E-state index in [0.29, 0.717) is 0 Å². The number of ether oxygens (including phenoxy) is 1. The molecule has 0 aromatic heterocycles. The van der Waals surface area contributed by atoms with Crippen LogP contribution in [-0.2, 0) is 31.0 Å². The van der Waals surface area contributed by atoms with Gasteiger partial charge < -0.3 is 20.1 Å². The zero-order chi connectivity index (χ0) is 26.3. The molecule has 0 saturated carbocycles. The summed E-state index contributed by atoms with van der Waals surface area (Å²) in [4.78, 5) is 38.0. The number of nitrogens with one attached hydrogen (secondary N) is 1. The number of piperazine rings is 1. The summed E-state index contributed by atoms with van der Waals surface area (Å²) in [5, 5.41) is 11.7. The Kier molecular flexibility index (Phi) is 9.05. The molecule has 1 saturated heterocycles. The van der Waals surface area contributed by atoms with Crippen molar-refractivity contribution in [3.8, 4) is 0 Å². The minimum absolute atomic E-state index is 0.00666. The van der Waals surface area contributed by atoms with Crippen molar-refractivity contribution in [1.29, 1.82) is 0 Å². The van der Waals surface area contributed by atoms with Gasteiger partial charge in [-0.25, -0.2) is 18.0 Å². The van der Waals surface area contributed by atoms with Crippen molar-refractivity contribution in [3.63, 3.8) is 0 Å². The molecule has 2 amide bonds. The molecule has 1 aliphatic rings. The highest BCUT2D eigenvalue weighted by Gasteiger charge is 2.31. The van der Waals surface area contributed by atoms with E-state index in [1.165, 1.54) is 9.21 Å². The van der Waals surface area contributed by atoms with Crippen LogP contribution in [0.5, 0.6) is 0 Å². The van der Waals surface area contributed by atoms with Crippen LogP contribution in [0.25, 0.3) is 0 Å². The number of hydrogen-bond donors (Lipinski definition) is 2. The van der Waals surface area contributed by atoms with Gasteiger partial charge in [0.05, 0.1) is 4.90 Å². The third-order valence-electron chi connectivity index (χ3n) is 6.16.